The fourth-order valence-electron chi connectivity index (χ4n) is 1.28. The Balaban J connectivity index is 2.55. The second-order valence-electron chi connectivity index (χ2n) is 3.48. The quantitative estimate of drug-likeness (QED) is 0.488. The lowest BCUT2D eigenvalue weighted by molar-refractivity contribution is 0.0467. The first-order valence-corrected chi connectivity index (χ1v) is 5.55. The average molecular weight is 240 g/mol. The van der Waals surface area contributed by atoms with Crippen LogP contribution in [0, 0.1) is 6.92 Å². The third-order valence-electron chi connectivity index (χ3n) is 2.17. The average Bonchev–Trinajstić information content (AvgIpc) is 2.27. The van der Waals surface area contributed by atoms with Crippen LogP contribution in [0.15, 0.2) is 23.1 Å². The number of hydrogen-bond acceptors (Lipinski definition) is 4. The summed E-state index contributed by atoms with van der Waals surface area (Å²) in [6.45, 7) is 2.85. The number of carbonyl (C=O) groups excluding carboxylic acids is 1. The van der Waals surface area contributed by atoms with Crippen molar-refractivity contribution in [2.45, 2.75) is 18.2 Å². The predicted octanol–water partition coefficient (Wildman–Crippen LogP) is 2.48. The van der Waals surface area contributed by atoms with Crippen LogP contribution in [0.25, 0.3) is 0 Å². The van der Waals surface area contributed by atoms with Crippen LogP contribution in [0.4, 0.5) is 0 Å². The molecule has 0 aromatic heterocycles. The molecule has 0 atom stereocenters. The van der Waals surface area contributed by atoms with E-state index in [0.717, 1.165) is 10.5 Å². The van der Waals surface area contributed by atoms with E-state index in [2.05, 4.69) is 12.6 Å². The molecule has 0 fully saturated rings. The van der Waals surface area contributed by atoms with Crippen molar-refractivity contribution < 1.29 is 14.3 Å². The van der Waals surface area contributed by atoms with E-state index in [4.69, 9.17) is 9.47 Å². The standard InChI is InChI=1S/C12H16O3S/c1-9-4-5-10(16)8-11(9)12(13)15-7-3-6-14-2/h4-5,8,16H,3,6-7H2,1-2H3. The van der Waals surface area contributed by atoms with Crippen LogP contribution >= 0.6 is 12.6 Å². The molecule has 0 heterocycles. The van der Waals surface area contributed by atoms with Crippen molar-refractivity contribution in [1.29, 1.82) is 0 Å². The lowest BCUT2D eigenvalue weighted by Gasteiger charge is -2.07. The number of ether oxygens (including phenoxy) is 2. The molecule has 16 heavy (non-hydrogen) atoms. The van der Waals surface area contributed by atoms with Crippen LogP contribution in [-0.2, 0) is 9.47 Å². The SMILES string of the molecule is COCCCOC(=O)c1cc(S)ccc1C. The molecule has 1 rings (SSSR count). The van der Waals surface area contributed by atoms with Crippen LogP contribution in [0.1, 0.15) is 22.3 Å². The summed E-state index contributed by atoms with van der Waals surface area (Å²) in [6.07, 6.45) is 0.710. The Hall–Kier alpha value is -1.00. The summed E-state index contributed by atoms with van der Waals surface area (Å²) in [4.78, 5) is 12.4. The Morgan fingerprint density at radius 2 is 2.12 bits per heavy atom. The summed E-state index contributed by atoms with van der Waals surface area (Å²) in [7, 11) is 1.62. The van der Waals surface area contributed by atoms with Gasteiger partial charge in [0.05, 0.1) is 12.2 Å². The van der Waals surface area contributed by atoms with Crippen molar-refractivity contribution in [3.63, 3.8) is 0 Å². The molecular weight excluding hydrogens is 224 g/mol. The zero-order chi connectivity index (χ0) is 12.0. The third-order valence-corrected chi connectivity index (χ3v) is 2.45. The number of thiol groups is 1. The molecule has 88 valence electrons. The van der Waals surface area contributed by atoms with Crippen molar-refractivity contribution in [2.75, 3.05) is 20.3 Å². The van der Waals surface area contributed by atoms with E-state index in [0.29, 0.717) is 25.2 Å². The Morgan fingerprint density at radius 1 is 1.38 bits per heavy atom. The molecule has 0 aliphatic carbocycles. The Labute approximate surface area is 101 Å². The van der Waals surface area contributed by atoms with E-state index < -0.39 is 0 Å². The molecular formula is C12H16O3S. The second kappa shape index (κ2) is 6.55. The van der Waals surface area contributed by atoms with Crippen molar-refractivity contribution in [2.24, 2.45) is 0 Å². The Bertz CT molecular complexity index is 363. The van der Waals surface area contributed by atoms with Gasteiger partial charge in [0.15, 0.2) is 0 Å². The number of esters is 1. The maximum absolute atomic E-state index is 11.7. The highest BCUT2D eigenvalue weighted by Gasteiger charge is 2.10. The van der Waals surface area contributed by atoms with Gasteiger partial charge in [0.2, 0.25) is 0 Å². The van der Waals surface area contributed by atoms with E-state index in [1.54, 1.807) is 13.2 Å². The summed E-state index contributed by atoms with van der Waals surface area (Å²) in [5, 5.41) is 0. The molecule has 1 aromatic rings. The first kappa shape index (κ1) is 13.1. The van der Waals surface area contributed by atoms with E-state index in [-0.39, 0.29) is 5.97 Å². The topological polar surface area (TPSA) is 35.5 Å². The van der Waals surface area contributed by atoms with Crippen LogP contribution in [0.3, 0.4) is 0 Å². The smallest absolute Gasteiger partial charge is 0.338 e. The summed E-state index contributed by atoms with van der Waals surface area (Å²) < 4.78 is 9.98. The van der Waals surface area contributed by atoms with E-state index in [9.17, 15) is 4.79 Å². The van der Waals surface area contributed by atoms with Gasteiger partial charge in [-0.15, -0.1) is 12.6 Å². The summed E-state index contributed by atoms with van der Waals surface area (Å²) in [5.41, 5.74) is 1.47. The molecule has 0 saturated carbocycles. The number of aryl methyl sites for hydroxylation is 1. The van der Waals surface area contributed by atoms with Gasteiger partial charge in [0.25, 0.3) is 0 Å². The molecule has 0 N–H and O–H groups in total. The summed E-state index contributed by atoms with van der Waals surface area (Å²) in [5.74, 6) is -0.301. The van der Waals surface area contributed by atoms with Crippen molar-refractivity contribution in [1.82, 2.24) is 0 Å². The van der Waals surface area contributed by atoms with Gasteiger partial charge < -0.3 is 9.47 Å². The van der Waals surface area contributed by atoms with E-state index >= 15 is 0 Å². The van der Waals surface area contributed by atoms with Gasteiger partial charge in [-0.1, -0.05) is 6.07 Å². The zero-order valence-corrected chi connectivity index (χ0v) is 10.4. The number of hydrogen-bond donors (Lipinski definition) is 1. The highest BCUT2D eigenvalue weighted by atomic mass is 32.1. The van der Waals surface area contributed by atoms with Gasteiger partial charge in [0.1, 0.15) is 0 Å². The molecule has 3 nitrogen and oxygen atoms in total. The summed E-state index contributed by atoms with van der Waals surface area (Å²) in [6, 6.07) is 5.42. The molecule has 0 spiro atoms. The van der Waals surface area contributed by atoms with Crippen LogP contribution in [-0.4, -0.2) is 26.3 Å². The zero-order valence-electron chi connectivity index (χ0n) is 9.53. The Morgan fingerprint density at radius 3 is 2.81 bits per heavy atom. The first-order valence-electron chi connectivity index (χ1n) is 5.11. The van der Waals surface area contributed by atoms with Crippen molar-refractivity contribution in [3.8, 4) is 0 Å². The monoisotopic (exact) mass is 240 g/mol. The number of methoxy groups -OCH3 is 1. The minimum atomic E-state index is -0.301. The number of benzene rings is 1. The van der Waals surface area contributed by atoms with Crippen LogP contribution < -0.4 is 0 Å². The van der Waals surface area contributed by atoms with Gasteiger partial charge in [0, 0.05) is 25.0 Å². The van der Waals surface area contributed by atoms with E-state index in [1.807, 2.05) is 19.1 Å². The first-order chi connectivity index (χ1) is 7.65. The number of carbonyl (C=O) groups is 1. The van der Waals surface area contributed by atoms with Crippen molar-refractivity contribution >= 4 is 18.6 Å². The molecule has 4 heteroatoms. The molecule has 0 bridgehead atoms. The maximum Gasteiger partial charge on any atom is 0.338 e. The van der Waals surface area contributed by atoms with Crippen molar-refractivity contribution in [3.05, 3.63) is 29.3 Å². The molecule has 0 aliphatic rings. The minimum Gasteiger partial charge on any atom is -0.462 e. The van der Waals surface area contributed by atoms with Crippen LogP contribution in [0.2, 0.25) is 0 Å². The van der Waals surface area contributed by atoms with Gasteiger partial charge >= 0.3 is 5.97 Å². The fourth-order valence-corrected chi connectivity index (χ4v) is 1.48. The second-order valence-corrected chi connectivity index (χ2v) is 4.00. The normalized spacial score (nSPS) is 10.2. The minimum absolute atomic E-state index is 0.301. The lowest BCUT2D eigenvalue weighted by Crippen LogP contribution is -2.09. The van der Waals surface area contributed by atoms with Gasteiger partial charge in [-0.2, -0.15) is 0 Å². The number of rotatable bonds is 5. The highest BCUT2D eigenvalue weighted by molar-refractivity contribution is 7.80. The van der Waals surface area contributed by atoms with E-state index in [1.165, 1.54) is 0 Å². The fraction of sp³-hybridized carbons (Fsp3) is 0.417. The predicted molar refractivity (Wildman–Crippen MR) is 65.2 cm³/mol. The Kier molecular flexibility index (Phi) is 5.35. The van der Waals surface area contributed by atoms with Crippen LogP contribution in [0.5, 0.6) is 0 Å². The third kappa shape index (κ3) is 3.87. The lowest BCUT2D eigenvalue weighted by atomic mass is 10.1. The van der Waals surface area contributed by atoms with Gasteiger partial charge in [-0.3, -0.25) is 0 Å². The molecule has 0 radical (unpaired) electrons. The highest BCUT2D eigenvalue weighted by Crippen LogP contribution is 2.15. The maximum atomic E-state index is 11.7. The van der Waals surface area contributed by atoms with Gasteiger partial charge in [-0.25, -0.2) is 4.79 Å². The molecule has 1 aromatic carbocycles. The van der Waals surface area contributed by atoms with Gasteiger partial charge in [-0.05, 0) is 24.6 Å². The molecule has 0 saturated heterocycles. The molecule has 0 unspecified atom stereocenters. The summed E-state index contributed by atoms with van der Waals surface area (Å²) >= 11 is 4.19. The largest absolute Gasteiger partial charge is 0.462 e. The molecule has 0 amide bonds. The molecule has 0 aliphatic heterocycles.